The van der Waals surface area contributed by atoms with Crippen molar-refractivity contribution < 1.29 is 19.7 Å². The smallest absolute Gasteiger partial charge is 0.410 e. The van der Waals surface area contributed by atoms with Gasteiger partial charge in [-0.3, -0.25) is 4.90 Å². The monoisotopic (exact) mass is 159 g/mol. The van der Waals surface area contributed by atoms with E-state index in [-0.39, 0.29) is 19.2 Å². The molecule has 62 valence electrons. The zero-order valence-corrected chi connectivity index (χ0v) is 5.80. The lowest BCUT2D eigenvalue weighted by atomic mass is 10.1. The second kappa shape index (κ2) is 2.09. The number of carbonyl (C=O) groups excluding carboxylic acids is 1. The number of cyclic esters (lactones) is 1. The lowest BCUT2D eigenvalue weighted by molar-refractivity contribution is 0.0323. The summed E-state index contributed by atoms with van der Waals surface area (Å²) in [5, 5.41) is 18.4. The summed E-state index contributed by atoms with van der Waals surface area (Å²) in [6.45, 7) is 0.377. The Hall–Kier alpha value is -0.810. The van der Waals surface area contributed by atoms with Gasteiger partial charge < -0.3 is 14.9 Å². The molecule has 2 N–H and O–H groups in total. The zero-order chi connectivity index (χ0) is 8.01. The molecule has 2 rings (SSSR count). The highest BCUT2D eigenvalue weighted by Crippen LogP contribution is 2.24. The molecule has 0 aliphatic carbocycles. The van der Waals surface area contributed by atoms with Gasteiger partial charge in [0.2, 0.25) is 0 Å². The predicted molar refractivity (Wildman–Crippen MR) is 33.9 cm³/mol. The summed E-state index contributed by atoms with van der Waals surface area (Å²) in [5.74, 6) is 0. The Bertz CT molecular complexity index is 195. The normalized spacial score (nSPS) is 42.5. The molecular formula is C6H9NO4. The van der Waals surface area contributed by atoms with Gasteiger partial charge in [0.25, 0.3) is 0 Å². The van der Waals surface area contributed by atoms with Crippen molar-refractivity contribution >= 4 is 6.09 Å². The topological polar surface area (TPSA) is 70.0 Å². The minimum absolute atomic E-state index is 0.185. The van der Waals surface area contributed by atoms with Gasteiger partial charge in [0, 0.05) is 0 Å². The zero-order valence-electron chi connectivity index (χ0n) is 5.80. The maximum Gasteiger partial charge on any atom is 0.410 e. The molecule has 2 aliphatic rings. The van der Waals surface area contributed by atoms with E-state index in [0.717, 1.165) is 0 Å². The summed E-state index contributed by atoms with van der Waals surface area (Å²) in [6, 6.07) is -0.336. The average molecular weight is 159 g/mol. The molecule has 2 saturated heterocycles. The molecular weight excluding hydrogens is 150 g/mol. The van der Waals surface area contributed by atoms with E-state index in [1.807, 2.05) is 0 Å². The Balaban J connectivity index is 2.18. The van der Waals surface area contributed by atoms with Gasteiger partial charge in [-0.15, -0.1) is 0 Å². The molecule has 0 unspecified atom stereocenters. The number of nitrogens with zero attached hydrogens (tertiary/aromatic N) is 1. The number of carbonyl (C=O) groups is 1. The summed E-state index contributed by atoms with van der Waals surface area (Å²) >= 11 is 0. The van der Waals surface area contributed by atoms with Crippen LogP contribution in [0.5, 0.6) is 0 Å². The van der Waals surface area contributed by atoms with Gasteiger partial charge in [-0.05, 0) is 0 Å². The van der Waals surface area contributed by atoms with Crippen LogP contribution in [0.15, 0.2) is 0 Å². The molecule has 3 atom stereocenters. The fraction of sp³-hybridized carbons (Fsp3) is 0.833. The highest BCUT2D eigenvalue weighted by atomic mass is 16.6. The van der Waals surface area contributed by atoms with Crippen molar-refractivity contribution in [3.05, 3.63) is 0 Å². The highest BCUT2D eigenvalue weighted by Gasteiger charge is 2.47. The molecule has 1 amide bonds. The third kappa shape index (κ3) is 0.812. The molecule has 2 fully saturated rings. The van der Waals surface area contributed by atoms with Crippen molar-refractivity contribution in [2.75, 3.05) is 13.2 Å². The molecule has 2 aliphatic heterocycles. The first kappa shape index (κ1) is 6.87. The number of aliphatic hydroxyl groups excluding tert-OH is 2. The maximum absolute atomic E-state index is 10.8. The SMILES string of the molecule is O=C1OC[C@H]2[C@@H](O)[C@@H](O)CN12. The Labute approximate surface area is 63.2 Å². The molecule has 5 nitrogen and oxygen atoms in total. The van der Waals surface area contributed by atoms with E-state index in [1.165, 1.54) is 4.90 Å². The Morgan fingerprint density at radius 2 is 2.27 bits per heavy atom. The third-order valence-corrected chi connectivity index (χ3v) is 2.18. The number of aliphatic hydroxyl groups is 2. The number of hydrogen-bond acceptors (Lipinski definition) is 4. The summed E-state index contributed by atoms with van der Waals surface area (Å²) < 4.78 is 4.65. The van der Waals surface area contributed by atoms with Crippen molar-refractivity contribution in [3.8, 4) is 0 Å². The van der Waals surface area contributed by atoms with Gasteiger partial charge in [0.1, 0.15) is 12.7 Å². The Morgan fingerprint density at radius 1 is 1.55 bits per heavy atom. The number of ether oxygens (including phenoxy) is 1. The summed E-state index contributed by atoms with van der Waals surface area (Å²) in [6.07, 6.45) is -2.10. The van der Waals surface area contributed by atoms with E-state index < -0.39 is 18.3 Å². The van der Waals surface area contributed by atoms with Crippen LogP contribution in [0.1, 0.15) is 0 Å². The van der Waals surface area contributed by atoms with Crippen LogP contribution in [0.3, 0.4) is 0 Å². The van der Waals surface area contributed by atoms with Crippen LogP contribution < -0.4 is 0 Å². The first-order valence-corrected chi connectivity index (χ1v) is 3.49. The van der Waals surface area contributed by atoms with Gasteiger partial charge in [-0.25, -0.2) is 4.79 Å². The summed E-state index contributed by atoms with van der Waals surface area (Å²) in [7, 11) is 0. The number of amides is 1. The molecule has 0 bridgehead atoms. The molecule has 0 aromatic heterocycles. The van der Waals surface area contributed by atoms with E-state index in [1.54, 1.807) is 0 Å². The first-order chi connectivity index (χ1) is 5.20. The van der Waals surface area contributed by atoms with E-state index in [2.05, 4.69) is 4.74 Å². The van der Waals surface area contributed by atoms with Gasteiger partial charge in [0.05, 0.1) is 18.7 Å². The predicted octanol–water partition coefficient (Wildman–Crippen LogP) is -1.46. The van der Waals surface area contributed by atoms with Crippen LogP contribution in [0.2, 0.25) is 0 Å². The summed E-state index contributed by atoms with van der Waals surface area (Å²) in [5.41, 5.74) is 0. The van der Waals surface area contributed by atoms with E-state index >= 15 is 0 Å². The largest absolute Gasteiger partial charge is 0.447 e. The van der Waals surface area contributed by atoms with Crippen LogP contribution in [-0.4, -0.2) is 52.6 Å². The lowest BCUT2D eigenvalue weighted by Gasteiger charge is -2.11. The van der Waals surface area contributed by atoms with Gasteiger partial charge in [-0.2, -0.15) is 0 Å². The molecule has 2 heterocycles. The van der Waals surface area contributed by atoms with E-state index in [4.69, 9.17) is 5.11 Å². The second-order valence-corrected chi connectivity index (χ2v) is 2.85. The Morgan fingerprint density at radius 3 is 2.91 bits per heavy atom. The van der Waals surface area contributed by atoms with Crippen LogP contribution in [0, 0.1) is 0 Å². The fourth-order valence-electron chi connectivity index (χ4n) is 1.52. The van der Waals surface area contributed by atoms with Crippen molar-refractivity contribution in [1.29, 1.82) is 0 Å². The number of rotatable bonds is 0. The first-order valence-electron chi connectivity index (χ1n) is 3.49. The van der Waals surface area contributed by atoms with Crippen molar-refractivity contribution in [2.45, 2.75) is 18.2 Å². The van der Waals surface area contributed by atoms with Crippen molar-refractivity contribution in [2.24, 2.45) is 0 Å². The maximum atomic E-state index is 10.8. The highest BCUT2D eigenvalue weighted by molar-refractivity contribution is 5.70. The lowest BCUT2D eigenvalue weighted by Crippen LogP contribution is -2.33. The van der Waals surface area contributed by atoms with E-state index in [9.17, 15) is 9.90 Å². The molecule has 0 saturated carbocycles. The van der Waals surface area contributed by atoms with Crippen LogP contribution in [0.4, 0.5) is 4.79 Å². The Kier molecular flexibility index (Phi) is 1.30. The summed E-state index contributed by atoms with van der Waals surface area (Å²) in [4.78, 5) is 12.2. The third-order valence-electron chi connectivity index (χ3n) is 2.18. The molecule has 0 spiro atoms. The molecule has 0 radical (unpaired) electrons. The van der Waals surface area contributed by atoms with Crippen molar-refractivity contribution in [1.82, 2.24) is 4.90 Å². The quantitative estimate of drug-likeness (QED) is 0.453. The number of fused-ring (bicyclic) bond motifs is 1. The second-order valence-electron chi connectivity index (χ2n) is 2.85. The van der Waals surface area contributed by atoms with Gasteiger partial charge in [0.15, 0.2) is 0 Å². The van der Waals surface area contributed by atoms with Gasteiger partial charge in [-0.1, -0.05) is 0 Å². The minimum Gasteiger partial charge on any atom is -0.447 e. The van der Waals surface area contributed by atoms with Gasteiger partial charge >= 0.3 is 6.09 Å². The molecule has 5 heteroatoms. The van der Waals surface area contributed by atoms with E-state index in [0.29, 0.717) is 0 Å². The molecule has 0 aromatic rings. The van der Waals surface area contributed by atoms with Crippen LogP contribution >= 0.6 is 0 Å². The standard InChI is InChI=1S/C6H9NO4/c8-4-1-7-3(5(4)9)2-11-6(7)10/h3-5,8-9H,1-2H2/t3-,4-,5+/m0/s1. The molecule has 11 heavy (non-hydrogen) atoms. The average Bonchev–Trinajstić information content (AvgIpc) is 2.43. The van der Waals surface area contributed by atoms with Crippen molar-refractivity contribution in [3.63, 3.8) is 0 Å². The van der Waals surface area contributed by atoms with Crippen LogP contribution in [0.25, 0.3) is 0 Å². The van der Waals surface area contributed by atoms with Crippen LogP contribution in [-0.2, 0) is 4.74 Å². The fourth-order valence-corrected chi connectivity index (χ4v) is 1.52. The number of hydrogen-bond donors (Lipinski definition) is 2. The molecule has 0 aromatic carbocycles. The minimum atomic E-state index is -0.846.